The van der Waals surface area contributed by atoms with Crippen LogP contribution in [0.3, 0.4) is 0 Å². The number of amides is 1. The Bertz CT molecular complexity index is 2130. The van der Waals surface area contributed by atoms with Gasteiger partial charge in [0.25, 0.3) is 5.91 Å². The van der Waals surface area contributed by atoms with Gasteiger partial charge in [-0.1, -0.05) is 35.5 Å². The Morgan fingerprint density at radius 3 is 2.40 bits per heavy atom. The van der Waals surface area contributed by atoms with Crippen molar-refractivity contribution in [1.82, 2.24) is 29.9 Å². The fourth-order valence-electron chi connectivity index (χ4n) is 7.57. The Morgan fingerprint density at radius 2 is 1.68 bits per heavy atom. The number of aryl methyl sites for hydroxylation is 3. The normalized spacial score (nSPS) is 16.5. The van der Waals surface area contributed by atoms with Gasteiger partial charge in [-0.2, -0.15) is 0 Å². The van der Waals surface area contributed by atoms with Crippen LogP contribution in [0.25, 0.3) is 55.1 Å². The number of piperazine rings is 1. The Hall–Kier alpha value is -4.80. The van der Waals surface area contributed by atoms with Crippen LogP contribution in [0.5, 0.6) is 5.75 Å². The van der Waals surface area contributed by atoms with Crippen molar-refractivity contribution in [2.24, 2.45) is 0 Å². The highest BCUT2D eigenvalue weighted by Crippen LogP contribution is 2.42. The number of nitrogens with zero attached hydrogens (tertiary/aromatic N) is 5. The first kappa shape index (κ1) is 29.6. The SMILES string of the molecule is COc1cc2c(cc1-c1c(C)noc1C)[nH]c1nc(C)nc(-c3ccc(C(=O)N4CCN(C5CCOCC5)CC4)c4ccccc34)c12. The third kappa shape index (κ3) is 5.03. The minimum Gasteiger partial charge on any atom is -0.496 e. The average molecular weight is 631 g/mol. The molecule has 47 heavy (non-hydrogen) atoms. The molecule has 0 atom stereocenters. The highest BCUT2D eigenvalue weighted by Gasteiger charge is 2.29. The Labute approximate surface area is 272 Å². The van der Waals surface area contributed by atoms with Crippen LogP contribution in [0.1, 0.15) is 40.5 Å². The Balaban J connectivity index is 1.21. The standard InChI is InChI=1S/C37H38N6O4/c1-21-33(22(2)47-41-21)30-19-31-29(20-32(30)45-4)34-35(38-23(3)39-36(34)40-31)27-9-10-28(26-8-6-5-7-25(26)27)37(44)43-15-13-42(14-16-43)24-11-17-46-18-12-24/h5-10,19-20,24H,11-18H2,1-4H3,(H,38,39,40). The van der Waals surface area contributed by atoms with E-state index in [-0.39, 0.29) is 5.91 Å². The van der Waals surface area contributed by atoms with E-state index in [9.17, 15) is 4.79 Å². The van der Waals surface area contributed by atoms with Gasteiger partial charge in [-0.15, -0.1) is 0 Å². The van der Waals surface area contributed by atoms with Crippen LogP contribution in [-0.2, 0) is 4.74 Å². The number of fused-ring (bicyclic) bond motifs is 4. The fourth-order valence-corrected chi connectivity index (χ4v) is 7.57. The van der Waals surface area contributed by atoms with Gasteiger partial charge in [0, 0.05) is 73.0 Å². The van der Waals surface area contributed by atoms with Crippen LogP contribution < -0.4 is 4.74 Å². The molecule has 2 saturated heterocycles. The maximum atomic E-state index is 14.0. The van der Waals surface area contributed by atoms with Gasteiger partial charge in [-0.05, 0) is 62.6 Å². The quantitative estimate of drug-likeness (QED) is 0.231. The van der Waals surface area contributed by atoms with E-state index >= 15 is 0 Å². The van der Waals surface area contributed by atoms with Gasteiger partial charge in [0.05, 0.1) is 29.4 Å². The molecule has 2 fully saturated rings. The predicted octanol–water partition coefficient (Wildman–Crippen LogP) is 6.46. The molecule has 0 spiro atoms. The summed E-state index contributed by atoms with van der Waals surface area (Å²) in [6.45, 7) is 10.6. The highest BCUT2D eigenvalue weighted by molar-refractivity contribution is 6.17. The molecule has 0 radical (unpaired) electrons. The molecule has 3 aromatic heterocycles. The van der Waals surface area contributed by atoms with Crippen molar-refractivity contribution < 1.29 is 18.8 Å². The number of carbonyl (C=O) groups excluding carboxylic acids is 1. The molecule has 5 heterocycles. The molecule has 10 nitrogen and oxygen atoms in total. The lowest BCUT2D eigenvalue weighted by molar-refractivity contribution is 0.0138. The number of aromatic amines is 1. The molecular weight excluding hydrogens is 592 g/mol. The van der Waals surface area contributed by atoms with Crippen molar-refractivity contribution in [2.45, 2.75) is 39.7 Å². The number of hydrogen-bond donors (Lipinski definition) is 1. The van der Waals surface area contributed by atoms with Crippen LogP contribution >= 0.6 is 0 Å². The van der Waals surface area contributed by atoms with E-state index in [4.69, 9.17) is 24.0 Å². The van der Waals surface area contributed by atoms with Gasteiger partial charge in [0.15, 0.2) is 0 Å². The molecule has 0 saturated carbocycles. The van der Waals surface area contributed by atoms with Crippen LogP contribution in [0.2, 0.25) is 0 Å². The monoisotopic (exact) mass is 630 g/mol. The van der Waals surface area contributed by atoms with E-state index < -0.39 is 0 Å². The van der Waals surface area contributed by atoms with Gasteiger partial charge < -0.3 is 23.9 Å². The minimum atomic E-state index is 0.0760. The van der Waals surface area contributed by atoms with E-state index in [1.54, 1.807) is 7.11 Å². The lowest BCUT2D eigenvalue weighted by Crippen LogP contribution is -2.53. The number of nitrogens with one attached hydrogen (secondary N) is 1. The molecule has 1 N–H and O–H groups in total. The van der Waals surface area contributed by atoms with E-state index in [0.29, 0.717) is 17.6 Å². The molecule has 0 bridgehead atoms. The van der Waals surface area contributed by atoms with Gasteiger partial charge in [-0.3, -0.25) is 9.69 Å². The van der Waals surface area contributed by atoms with E-state index in [1.165, 1.54) is 0 Å². The number of benzene rings is 3. The molecular formula is C37H38N6O4. The summed E-state index contributed by atoms with van der Waals surface area (Å²) in [5, 5.41) is 7.92. The number of ether oxygens (including phenoxy) is 2. The van der Waals surface area contributed by atoms with Crippen LogP contribution in [0.4, 0.5) is 0 Å². The number of aromatic nitrogens is 4. The smallest absolute Gasteiger partial charge is 0.254 e. The average Bonchev–Trinajstić information content (AvgIpc) is 3.64. The first-order valence-corrected chi connectivity index (χ1v) is 16.4. The summed E-state index contributed by atoms with van der Waals surface area (Å²) in [6, 6.07) is 16.8. The molecule has 1 amide bonds. The predicted molar refractivity (Wildman–Crippen MR) is 182 cm³/mol. The molecule has 2 aliphatic heterocycles. The minimum absolute atomic E-state index is 0.0760. The van der Waals surface area contributed by atoms with E-state index in [1.807, 2.05) is 62.1 Å². The maximum absolute atomic E-state index is 14.0. The van der Waals surface area contributed by atoms with Crippen molar-refractivity contribution in [1.29, 1.82) is 0 Å². The topological polar surface area (TPSA) is 110 Å². The first-order valence-electron chi connectivity index (χ1n) is 16.4. The number of carbonyl (C=O) groups is 1. The van der Waals surface area contributed by atoms with E-state index in [2.05, 4.69) is 27.2 Å². The molecule has 240 valence electrons. The number of rotatable bonds is 5. The van der Waals surface area contributed by atoms with E-state index in [0.717, 1.165) is 124 Å². The second-order valence-corrected chi connectivity index (χ2v) is 12.6. The Kier molecular flexibility index (Phi) is 7.41. The molecule has 3 aromatic carbocycles. The summed E-state index contributed by atoms with van der Waals surface area (Å²) in [5.41, 5.74) is 6.75. The second kappa shape index (κ2) is 11.8. The molecule has 0 unspecified atom stereocenters. The molecule has 0 aliphatic carbocycles. The first-order chi connectivity index (χ1) is 22.9. The fraction of sp³-hybridized carbons (Fsp3) is 0.351. The summed E-state index contributed by atoms with van der Waals surface area (Å²) < 4.78 is 16.9. The van der Waals surface area contributed by atoms with Gasteiger partial charge in [0.1, 0.15) is 23.0 Å². The van der Waals surface area contributed by atoms with Gasteiger partial charge in [0.2, 0.25) is 0 Å². The maximum Gasteiger partial charge on any atom is 0.254 e. The molecule has 10 heteroatoms. The van der Waals surface area contributed by atoms with Crippen LogP contribution in [-0.4, -0.2) is 88.4 Å². The van der Waals surface area contributed by atoms with Crippen molar-refractivity contribution in [3.63, 3.8) is 0 Å². The van der Waals surface area contributed by atoms with Crippen LogP contribution in [0, 0.1) is 20.8 Å². The molecule has 8 rings (SSSR count). The summed E-state index contributed by atoms with van der Waals surface area (Å²) in [7, 11) is 1.67. The summed E-state index contributed by atoms with van der Waals surface area (Å²) in [6.07, 6.45) is 2.14. The second-order valence-electron chi connectivity index (χ2n) is 12.6. The summed E-state index contributed by atoms with van der Waals surface area (Å²) in [5.74, 6) is 2.17. The van der Waals surface area contributed by atoms with Crippen LogP contribution in [0.15, 0.2) is 53.1 Å². The largest absolute Gasteiger partial charge is 0.496 e. The zero-order chi connectivity index (χ0) is 32.2. The Morgan fingerprint density at radius 1 is 0.915 bits per heavy atom. The molecule has 2 aliphatic rings. The highest BCUT2D eigenvalue weighted by atomic mass is 16.5. The number of hydrogen-bond acceptors (Lipinski definition) is 8. The number of H-pyrrole nitrogens is 1. The van der Waals surface area contributed by atoms with Crippen molar-refractivity contribution in [3.8, 4) is 28.1 Å². The summed E-state index contributed by atoms with van der Waals surface area (Å²) >= 11 is 0. The zero-order valence-electron chi connectivity index (χ0n) is 27.2. The number of methoxy groups -OCH3 is 1. The third-order valence-corrected chi connectivity index (χ3v) is 9.90. The van der Waals surface area contributed by atoms with Crippen molar-refractivity contribution in [2.75, 3.05) is 46.5 Å². The summed E-state index contributed by atoms with van der Waals surface area (Å²) in [4.78, 5) is 31.9. The van der Waals surface area contributed by atoms with Crippen molar-refractivity contribution in [3.05, 3.63) is 71.4 Å². The zero-order valence-corrected chi connectivity index (χ0v) is 27.2. The lowest BCUT2D eigenvalue weighted by atomic mass is 9.94. The van der Waals surface area contributed by atoms with Crippen molar-refractivity contribution >= 4 is 38.6 Å². The lowest BCUT2D eigenvalue weighted by Gasteiger charge is -2.40. The van der Waals surface area contributed by atoms with Gasteiger partial charge >= 0.3 is 0 Å². The van der Waals surface area contributed by atoms with Gasteiger partial charge in [-0.25, -0.2) is 9.97 Å². The molecule has 6 aromatic rings. The third-order valence-electron chi connectivity index (χ3n) is 9.90.